The van der Waals surface area contributed by atoms with Crippen LogP contribution in [0.2, 0.25) is 0 Å². The van der Waals surface area contributed by atoms with E-state index in [9.17, 15) is 4.79 Å². The van der Waals surface area contributed by atoms with Gasteiger partial charge in [-0.3, -0.25) is 4.79 Å². The lowest BCUT2D eigenvalue weighted by Gasteiger charge is -2.06. The second kappa shape index (κ2) is 9.54. The number of benzene rings is 1. The third kappa shape index (κ3) is 5.18. The van der Waals surface area contributed by atoms with Crippen molar-refractivity contribution in [3.8, 4) is 11.6 Å². The average Bonchev–Trinajstić information content (AvgIpc) is 3.07. The molecule has 7 nitrogen and oxygen atoms in total. The van der Waals surface area contributed by atoms with Crippen LogP contribution in [0.5, 0.6) is 5.88 Å². The Bertz CT molecular complexity index is 846. The van der Waals surface area contributed by atoms with Gasteiger partial charge in [-0.1, -0.05) is 21.1 Å². The molecule has 1 aromatic carbocycles. The highest BCUT2D eigenvalue weighted by Crippen LogP contribution is 2.25. The van der Waals surface area contributed by atoms with Crippen molar-refractivity contribution in [2.75, 3.05) is 20.8 Å². The molecule has 0 unspecified atom stereocenters. The van der Waals surface area contributed by atoms with Crippen LogP contribution in [0.25, 0.3) is 5.69 Å². The van der Waals surface area contributed by atoms with Gasteiger partial charge in [0, 0.05) is 28.3 Å². The van der Waals surface area contributed by atoms with Crippen molar-refractivity contribution in [2.24, 2.45) is 5.16 Å². The molecular formula is C17H18Br2N4O3. The molecule has 0 spiro atoms. The molecule has 0 saturated carbocycles. The highest BCUT2D eigenvalue weighted by Gasteiger charge is 2.12. The number of aromatic nitrogens is 2. The van der Waals surface area contributed by atoms with Crippen LogP contribution in [-0.2, 0) is 9.63 Å². The van der Waals surface area contributed by atoms with Gasteiger partial charge in [0.15, 0.2) is 5.71 Å². The molecule has 1 amide bonds. The summed E-state index contributed by atoms with van der Waals surface area (Å²) in [5.41, 5.74) is 1.73. The SMILES string of the molecule is CNC(=O)C(=N/OC)/C(C)=C\COc1ccn(-c2ccc(Br)cc2Br)n1. The van der Waals surface area contributed by atoms with E-state index in [0.717, 1.165) is 14.6 Å². The first kappa shape index (κ1) is 20.2. The van der Waals surface area contributed by atoms with E-state index in [1.165, 1.54) is 14.2 Å². The number of hydrogen-bond donors (Lipinski definition) is 1. The lowest BCUT2D eigenvalue weighted by molar-refractivity contribution is -0.114. The Morgan fingerprint density at radius 2 is 2.15 bits per heavy atom. The second-order valence-corrected chi connectivity index (χ2v) is 6.86. The van der Waals surface area contributed by atoms with E-state index in [1.807, 2.05) is 24.4 Å². The highest BCUT2D eigenvalue weighted by atomic mass is 79.9. The first-order valence-electron chi connectivity index (χ1n) is 7.60. The van der Waals surface area contributed by atoms with Crippen LogP contribution < -0.4 is 10.1 Å². The Hall–Kier alpha value is -2.13. The summed E-state index contributed by atoms with van der Waals surface area (Å²) in [5, 5.41) is 10.6. The van der Waals surface area contributed by atoms with Crippen molar-refractivity contribution in [2.45, 2.75) is 6.92 Å². The zero-order chi connectivity index (χ0) is 19.1. The summed E-state index contributed by atoms with van der Waals surface area (Å²) in [6.45, 7) is 2.00. The van der Waals surface area contributed by atoms with Crippen molar-refractivity contribution in [1.29, 1.82) is 0 Å². The number of carbonyl (C=O) groups is 1. The molecule has 0 bridgehead atoms. The molecule has 1 aromatic heterocycles. The van der Waals surface area contributed by atoms with Crippen molar-refractivity contribution >= 4 is 43.5 Å². The number of oxime groups is 1. The van der Waals surface area contributed by atoms with Crippen LogP contribution in [0.1, 0.15) is 6.92 Å². The first-order chi connectivity index (χ1) is 12.5. The van der Waals surface area contributed by atoms with Crippen LogP contribution >= 0.6 is 31.9 Å². The third-order valence-corrected chi connectivity index (χ3v) is 4.47. The summed E-state index contributed by atoms with van der Waals surface area (Å²) in [6.07, 6.45) is 3.55. The lowest BCUT2D eigenvalue weighted by Crippen LogP contribution is -2.28. The summed E-state index contributed by atoms with van der Waals surface area (Å²) >= 11 is 6.93. The molecule has 0 aliphatic rings. The normalized spacial score (nSPS) is 12.0. The van der Waals surface area contributed by atoms with E-state index in [1.54, 1.807) is 23.7 Å². The van der Waals surface area contributed by atoms with Crippen molar-refractivity contribution in [3.05, 3.63) is 51.1 Å². The summed E-state index contributed by atoms with van der Waals surface area (Å²) in [6, 6.07) is 7.58. The van der Waals surface area contributed by atoms with E-state index < -0.39 is 0 Å². The molecule has 0 fully saturated rings. The minimum absolute atomic E-state index is 0.197. The number of halogens is 2. The Morgan fingerprint density at radius 3 is 2.81 bits per heavy atom. The minimum atomic E-state index is -0.329. The molecular weight excluding hydrogens is 468 g/mol. The van der Waals surface area contributed by atoms with Crippen molar-refractivity contribution < 1.29 is 14.4 Å². The van der Waals surface area contributed by atoms with E-state index in [2.05, 4.69) is 47.4 Å². The molecule has 0 radical (unpaired) electrons. The Morgan fingerprint density at radius 1 is 1.38 bits per heavy atom. The van der Waals surface area contributed by atoms with E-state index >= 15 is 0 Å². The number of hydrogen-bond acceptors (Lipinski definition) is 5. The summed E-state index contributed by atoms with van der Waals surface area (Å²) in [4.78, 5) is 16.5. The van der Waals surface area contributed by atoms with E-state index in [4.69, 9.17) is 9.57 Å². The van der Waals surface area contributed by atoms with Gasteiger partial charge in [0.1, 0.15) is 13.7 Å². The Kier molecular flexibility index (Phi) is 7.40. The largest absolute Gasteiger partial charge is 0.472 e. The molecule has 9 heteroatoms. The van der Waals surface area contributed by atoms with Gasteiger partial charge >= 0.3 is 0 Å². The predicted octanol–water partition coefficient (Wildman–Crippen LogP) is 3.47. The molecule has 0 saturated heterocycles. The molecule has 0 atom stereocenters. The van der Waals surface area contributed by atoms with Gasteiger partial charge < -0.3 is 14.9 Å². The number of nitrogens with one attached hydrogen (secondary N) is 1. The van der Waals surface area contributed by atoms with Crippen LogP contribution in [-0.4, -0.2) is 42.2 Å². The van der Waals surface area contributed by atoms with Gasteiger partial charge in [0.05, 0.1) is 5.69 Å². The van der Waals surface area contributed by atoms with Gasteiger partial charge in [-0.15, -0.1) is 5.10 Å². The molecule has 1 heterocycles. The standard InChI is InChI=1S/C17H18Br2N4O3/c1-11(16(22-25-3)17(24)20-2)7-9-26-15-6-8-23(21-15)14-5-4-12(18)10-13(14)19/h4-8,10H,9H2,1-3H3,(H,20,24)/b11-7-,22-16+. The fourth-order valence-corrected chi connectivity index (χ4v) is 3.27. The zero-order valence-corrected chi connectivity index (χ0v) is 17.7. The fourth-order valence-electron chi connectivity index (χ4n) is 2.04. The minimum Gasteiger partial charge on any atom is -0.472 e. The summed E-state index contributed by atoms with van der Waals surface area (Å²) in [7, 11) is 2.92. The van der Waals surface area contributed by atoms with Gasteiger partial charge in [0.2, 0.25) is 5.88 Å². The maximum absolute atomic E-state index is 11.8. The maximum Gasteiger partial charge on any atom is 0.273 e. The Labute approximate surface area is 168 Å². The Balaban J connectivity index is 2.05. The smallest absolute Gasteiger partial charge is 0.273 e. The monoisotopic (exact) mass is 484 g/mol. The molecule has 138 valence electrons. The topological polar surface area (TPSA) is 77.7 Å². The van der Waals surface area contributed by atoms with Crippen LogP contribution in [0.3, 0.4) is 0 Å². The van der Waals surface area contributed by atoms with Crippen LogP contribution in [0.4, 0.5) is 0 Å². The first-order valence-corrected chi connectivity index (χ1v) is 9.19. The van der Waals surface area contributed by atoms with E-state index in [0.29, 0.717) is 11.5 Å². The maximum atomic E-state index is 11.8. The second-order valence-electron chi connectivity index (χ2n) is 5.09. The number of carbonyl (C=O) groups excluding carboxylic acids is 1. The fraction of sp³-hybridized carbons (Fsp3) is 0.235. The van der Waals surface area contributed by atoms with Crippen LogP contribution in [0, 0.1) is 0 Å². The van der Waals surface area contributed by atoms with Crippen molar-refractivity contribution in [1.82, 2.24) is 15.1 Å². The third-order valence-electron chi connectivity index (χ3n) is 3.34. The van der Waals surface area contributed by atoms with Crippen LogP contribution in [0.15, 0.2) is 56.2 Å². The van der Waals surface area contributed by atoms with Crippen molar-refractivity contribution in [3.63, 3.8) is 0 Å². The lowest BCUT2D eigenvalue weighted by atomic mass is 10.1. The highest BCUT2D eigenvalue weighted by molar-refractivity contribution is 9.11. The molecule has 1 N–H and O–H groups in total. The molecule has 26 heavy (non-hydrogen) atoms. The van der Waals surface area contributed by atoms with E-state index in [-0.39, 0.29) is 18.2 Å². The molecule has 0 aliphatic carbocycles. The quantitative estimate of drug-likeness (QED) is 0.481. The molecule has 2 rings (SSSR count). The van der Waals surface area contributed by atoms with Gasteiger partial charge in [0.25, 0.3) is 5.91 Å². The zero-order valence-electron chi connectivity index (χ0n) is 14.5. The number of rotatable bonds is 7. The van der Waals surface area contributed by atoms with Gasteiger partial charge in [-0.25, -0.2) is 4.68 Å². The number of nitrogens with zero attached hydrogens (tertiary/aromatic N) is 3. The summed E-state index contributed by atoms with van der Waals surface area (Å²) < 4.78 is 9.22. The predicted molar refractivity (Wildman–Crippen MR) is 107 cm³/mol. The molecule has 0 aliphatic heterocycles. The van der Waals surface area contributed by atoms with Gasteiger partial charge in [-0.05, 0) is 52.7 Å². The summed E-state index contributed by atoms with van der Waals surface area (Å²) in [5.74, 6) is 0.138. The average molecular weight is 486 g/mol. The van der Waals surface area contributed by atoms with Gasteiger partial charge in [-0.2, -0.15) is 0 Å². The number of ether oxygens (including phenoxy) is 1. The molecule has 2 aromatic rings. The number of amides is 1.